The number of nitrogens with one attached hydrogen (secondary N) is 1. The van der Waals surface area contributed by atoms with E-state index in [0.717, 1.165) is 38.9 Å². The van der Waals surface area contributed by atoms with E-state index in [2.05, 4.69) is 41.4 Å². The van der Waals surface area contributed by atoms with Gasteiger partial charge in [-0.2, -0.15) is 0 Å². The quantitative estimate of drug-likeness (QED) is 0.923. The molecule has 0 spiro atoms. The number of hydrogen-bond donors (Lipinski definition) is 1. The van der Waals surface area contributed by atoms with Crippen LogP contribution in [0.25, 0.3) is 0 Å². The molecule has 1 heterocycles. The van der Waals surface area contributed by atoms with Crippen molar-refractivity contribution in [3.05, 3.63) is 35.4 Å². The molecule has 0 radical (unpaired) electrons. The van der Waals surface area contributed by atoms with Crippen LogP contribution < -0.4 is 5.32 Å². The molecule has 1 aromatic rings. The van der Waals surface area contributed by atoms with Gasteiger partial charge in [0.1, 0.15) is 0 Å². The third-order valence-corrected chi connectivity index (χ3v) is 4.82. The molecule has 1 saturated heterocycles. The van der Waals surface area contributed by atoms with Gasteiger partial charge in [0.25, 0.3) is 0 Å². The lowest BCUT2D eigenvalue weighted by molar-refractivity contribution is -0.128. The molecule has 2 aliphatic rings. The summed E-state index contributed by atoms with van der Waals surface area (Å²) in [6, 6.07) is 9.07. The fourth-order valence-electron chi connectivity index (χ4n) is 3.38. The molecule has 3 nitrogen and oxygen atoms in total. The maximum Gasteiger partial charge on any atom is 0.223 e. The predicted molar refractivity (Wildman–Crippen MR) is 85.0 cm³/mol. The molecular formula is C18H26N2O. The molecule has 3 rings (SSSR count). The molecule has 1 amide bonds. The van der Waals surface area contributed by atoms with E-state index < -0.39 is 0 Å². The van der Waals surface area contributed by atoms with Crippen LogP contribution in [0.2, 0.25) is 0 Å². The zero-order chi connectivity index (χ0) is 14.7. The second-order valence-corrected chi connectivity index (χ2v) is 6.70. The van der Waals surface area contributed by atoms with Gasteiger partial charge < -0.3 is 5.32 Å². The summed E-state index contributed by atoms with van der Waals surface area (Å²) in [7, 11) is 0. The Morgan fingerprint density at radius 2 is 2.14 bits per heavy atom. The zero-order valence-corrected chi connectivity index (χ0v) is 13.0. The minimum absolute atomic E-state index is 0.295. The van der Waals surface area contributed by atoms with Gasteiger partial charge in [-0.15, -0.1) is 0 Å². The number of piperidine rings is 1. The Kier molecular flexibility index (Phi) is 4.59. The number of carbonyl (C=O) groups excluding carboxylic acids is 1. The predicted octanol–water partition coefficient (Wildman–Crippen LogP) is 2.88. The number of likely N-dealkylation sites (tertiary alicyclic amines) is 1. The van der Waals surface area contributed by atoms with Crippen molar-refractivity contribution in [3.63, 3.8) is 0 Å². The van der Waals surface area contributed by atoms with E-state index in [1.54, 1.807) is 0 Å². The molecule has 1 aliphatic carbocycles. The first-order valence-corrected chi connectivity index (χ1v) is 8.29. The van der Waals surface area contributed by atoms with E-state index in [9.17, 15) is 4.79 Å². The molecule has 1 N–H and O–H groups in total. The summed E-state index contributed by atoms with van der Waals surface area (Å²) in [5.74, 6) is 0.598. The van der Waals surface area contributed by atoms with Crippen molar-refractivity contribution in [1.29, 1.82) is 0 Å². The number of carbonyl (C=O) groups is 1. The van der Waals surface area contributed by atoms with E-state index >= 15 is 0 Å². The van der Waals surface area contributed by atoms with Gasteiger partial charge in [0, 0.05) is 25.0 Å². The number of rotatable bonds is 4. The molecule has 114 valence electrons. The topological polar surface area (TPSA) is 32.3 Å². The van der Waals surface area contributed by atoms with Crippen molar-refractivity contribution in [2.75, 3.05) is 13.1 Å². The van der Waals surface area contributed by atoms with Crippen molar-refractivity contribution < 1.29 is 4.79 Å². The maximum absolute atomic E-state index is 12.1. The summed E-state index contributed by atoms with van der Waals surface area (Å²) in [4.78, 5) is 14.5. The lowest BCUT2D eigenvalue weighted by atomic mass is 9.84. The third kappa shape index (κ3) is 3.85. The van der Waals surface area contributed by atoms with Gasteiger partial charge in [-0.05, 0) is 44.7 Å². The van der Waals surface area contributed by atoms with Crippen LogP contribution in [0.5, 0.6) is 0 Å². The molecule has 1 atom stereocenters. The first-order valence-electron chi connectivity index (χ1n) is 8.29. The van der Waals surface area contributed by atoms with Crippen LogP contribution in [-0.2, 0) is 11.3 Å². The second kappa shape index (κ2) is 6.61. The smallest absolute Gasteiger partial charge is 0.223 e. The number of hydrogen-bond acceptors (Lipinski definition) is 2. The van der Waals surface area contributed by atoms with Gasteiger partial charge in [-0.1, -0.05) is 36.2 Å². The molecule has 0 aromatic heterocycles. The van der Waals surface area contributed by atoms with Gasteiger partial charge >= 0.3 is 0 Å². The Balaban J connectivity index is 1.51. The molecule has 3 heteroatoms. The summed E-state index contributed by atoms with van der Waals surface area (Å²) >= 11 is 0. The van der Waals surface area contributed by atoms with Gasteiger partial charge in [0.2, 0.25) is 5.91 Å². The molecule has 21 heavy (non-hydrogen) atoms. The lowest BCUT2D eigenvalue weighted by Crippen LogP contribution is -2.49. The van der Waals surface area contributed by atoms with Crippen molar-refractivity contribution in [3.8, 4) is 0 Å². The highest BCUT2D eigenvalue weighted by atomic mass is 16.2. The Morgan fingerprint density at radius 3 is 2.86 bits per heavy atom. The summed E-state index contributed by atoms with van der Waals surface area (Å²) in [6.07, 6.45) is 5.71. The summed E-state index contributed by atoms with van der Waals surface area (Å²) in [6.45, 7) is 5.27. The minimum Gasteiger partial charge on any atom is -0.352 e. The van der Waals surface area contributed by atoms with E-state index in [4.69, 9.17) is 0 Å². The summed E-state index contributed by atoms with van der Waals surface area (Å²) in [5.41, 5.74) is 2.69. The van der Waals surface area contributed by atoms with Crippen molar-refractivity contribution in [2.45, 2.75) is 51.6 Å². The van der Waals surface area contributed by atoms with Gasteiger partial charge in [0.15, 0.2) is 0 Å². The fraction of sp³-hybridized carbons (Fsp3) is 0.611. The van der Waals surface area contributed by atoms with Crippen LogP contribution in [0.1, 0.15) is 43.2 Å². The Morgan fingerprint density at radius 1 is 1.29 bits per heavy atom. The Bertz CT molecular complexity index is 496. The van der Waals surface area contributed by atoms with Gasteiger partial charge in [-0.25, -0.2) is 0 Å². The van der Waals surface area contributed by atoms with Crippen LogP contribution in [0.3, 0.4) is 0 Å². The Labute approximate surface area is 127 Å². The monoisotopic (exact) mass is 286 g/mol. The van der Waals surface area contributed by atoms with Gasteiger partial charge in [-0.3, -0.25) is 9.69 Å². The number of benzene rings is 1. The standard InChI is InChI=1S/C18H26N2O/c1-14-5-2-6-15(11-14)12-20-10-4-9-17(13-20)19-18(21)16-7-3-8-16/h2,5-6,11,16-17H,3-4,7-10,12-13H2,1H3,(H,19,21). The number of nitrogens with zero attached hydrogens (tertiary/aromatic N) is 1. The average Bonchev–Trinajstić information content (AvgIpc) is 2.36. The van der Waals surface area contributed by atoms with Gasteiger partial charge in [0.05, 0.1) is 0 Å². The second-order valence-electron chi connectivity index (χ2n) is 6.70. The molecule has 1 aromatic carbocycles. The van der Waals surface area contributed by atoms with E-state index in [0.29, 0.717) is 17.9 Å². The highest BCUT2D eigenvalue weighted by molar-refractivity contribution is 5.79. The molecular weight excluding hydrogens is 260 g/mol. The van der Waals surface area contributed by atoms with E-state index in [1.165, 1.54) is 24.0 Å². The molecule has 2 fully saturated rings. The first-order chi connectivity index (χ1) is 10.2. The van der Waals surface area contributed by atoms with Crippen LogP contribution in [0, 0.1) is 12.8 Å². The first kappa shape index (κ1) is 14.6. The van der Waals surface area contributed by atoms with E-state index in [-0.39, 0.29) is 0 Å². The van der Waals surface area contributed by atoms with Crippen LogP contribution in [0.4, 0.5) is 0 Å². The van der Waals surface area contributed by atoms with Crippen molar-refractivity contribution >= 4 is 5.91 Å². The normalized spacial score (nSPS) is 23.6. The SMILES string of the molecule is Cc1cccc(CN2CCCC(NC(=O)C3CCC3)C2)c1. The summed E-state index contributed by atoms with van der Waals surface area (Å²) < 4.78 is 0. The molecule has 1 unspecified atom stereocenters. The van der Waals surface area contributed by atoms with Crippen LogP contribution in [0.15, 0.2) is 24.3 Å². The molecule has 1 saturated carbocycles. The van der Waals surface area contributed by atoms with E-state index in [1.807, 2.05) is 0 Å². The fourth-order valence-corrected chi connectivity index (χ4v) is 3.38. The number of aryl methyl sites for hydroxylation is 1. The maximum atomic E-state index is 12.1. The molecule has 1 aliphatic heterocycles. The highest BCUT2D eigenvalue weighted by Gasteiger charge is 2.28. The number of amides is 1. The van der Waals surface area contributed by atoms with Crippen molar-refractivity contribution in [1.82, 2.24) is 10.2 Å². The zero-order valence-electron chi connectivity index (χ0n) is 13.0. The highest BCUT2D eigenvalue weighted by Crippen LogP contribution is 2.26. The van der Waals surface area contributed by atoms with Crippen LogP contribution in [-0.4, -0.2) is 29.9 Å². The third-order valence-electron chi connectivity index (χ3n) is 4.82. The largest absolute Gasteiger partial charge is 0.352 e. The lowest BCUT2D eigenvalue weighted by Gasteiger charge is -2.35. The Hall–Kier alpha value is -1.35. The minimum atomic E-state index is 0.295. The van der Waals surface area contributed by atoms with Crippen LogP contribution >= 0.6 is 0 Å². The average molecular weight is 286 g/mol. The summed E-state index contributed by atoms with van der Waals surface area (Å²) in [5, 5.41) is 3.27. The van der Waals surface area contributed by atoms with Crippen molar-refractivity contribution in [2.24, 2.45) is 5.92 Å². The molecule has 0 bridgehead atoms.